The van der Waals surface area contributed by atoms with Gasteiger partial charge in [-0.25, -0.2) is 4.90 Å². The molecule has 4 aromatic rings. The molecule has 6 atom stereocenters. The van der Waals surface area contributed by atoms with E-state index in [4.69, 9.17) is 16.3 Å². The molecular weight excluding hydrogens is 674 g/mol. The Kier molecular flexibility index (Phi) is 7.57. The number of nitro groups is 1. The lowest BCUT2D eigenvalue weighted by Crippen LogP contribution is -2.53. The van der Waals surface area contributed by atoms with E-state index in [-0.39, 0.29) is 30.0 Å². The highest BCUT2D eigenvalue weighted by atomic mass is 35.5. The second kappa shape index (κ2) is 11.9. The number of ether oxygens (including phenoxy) is 1. The number of benzene rings is 4. The minimum Gasteiger partial charge on any atom is -0.508 e. The molecular formula is C39H30ClN3O8. The van der Waals surface area contributed by atoms with Crippen LogP contribution in [0.25, 0.3) is 0 Å². The first-order valence-corrected chi connectivity index (χ1v) is 16.8. The summed E-state index contributed by atoms with van der Waals surface area (Å²) in [4.78, 5) is 71.6. The van der Waals surface area contributed by atoms with Gasteiger partial charge in [0.25, 0.3) is 5.69 Å². The molecule has 1 N–H and O–H groups in total. The number of methoxy groups -OCH3 is 1. The van der Waals surface area contributed by atoms with Gasteiger partial charge in [-0.1, -0.05) is 59.6 Å². The van der Waals surface area contributed by atoms with Crippen LogP contribution in [0.4, 0.5) is 17.1 Å². The average Bonchev–Trinajstić information content (AvgIpc) is 3.53. The van der Waals surface area contributed by atoms with Crippen LogP contribution in [-0.2, 0) is 24.6 Å². The van der Waals surface area contributed by atoms with E-state index >= 15 is 4.79 Å². The van der Waals surface area contributed by atoms with Crippen molar-refractivity contribution in [1.82, 2.24) is 0 Å². The highest BCUT2D eigenvalue weighted by Crippen LogP contribution is 2.65. The standard InChI is InChI=1S/C39H30ClN3O8/c1-51-26-14-17-32(44)30(19-26)34-27-15-16-28-33(37(47)41(35(28)45)23-10-12-24(13-11-23)43(49)50)29(27)20-31-36(46)42(25-9-5-8-22(40)18-25)38(48)39(31,34)21-6-3-2-4-7-21/h2-15,17-19,28-29,31,33-34,44H,16,20H2,1H3/t28-,29+,31-,33-,34+,39+/m0/s1. The van der Waals surface area contributed by atoms with Gasteiger partial charge in [0.2, 0.25) is 23.6 Å². The molecule has 4 aromatic carbocycles. The fourth-order valence-electron chi connectivity index (χ4n) is 8.96. The first kappa shape index (κ1) is 32.4. The van der Waals surface area contributed by atoms with Gasteiger partial charge in [-0.2, -0.15) is 0 Å². The Morgan fingerprint density at radius 2 is 1.59 bits per heavy atom. The number of nitro benzene ring substituents is 1. The molecule has 0 unspecified atom stereocenters. The summed E-state index contributed by atoms with van der Waals surface area (Å²) in [6.45, 7) is 0. The van der Waals surface area contributed by atoms with E-state index in [1.165, 1.54) is 37.4 Å². The number of carbonyl (C=O) groups is 4. The van der Waals surface area contributed by atoms with Crippen molar-refractivity contribution in [2.45, 2.75) is 24.2 Å². The zero-order chi connectivity index (χ0) is 35.8. The van der Waals surface area contributed by atoms with Crippen LogP contribution in [0.1, 0.15) is 29.9 Å². The van der Waals surface area contributed by atoms with Crippen LogP contribution in [0.5, 0.6) is 11.5 Å². The monoisotopic (exact) mass is 703 g/mol. The molecule has 2 heterocycles. The molecule has 0 radical (unpaired) electrons. The van der Waals surface area contributed by atoms with E-state index in [0.29, 0.717) is 33.2 Å². The predicted molar refractivity (Wildman–Crippen MR) is 186 cm³/mol. The lowest BCUT2D eigenvalue weighted by Gasteiger charge is -2.50. The van der Waals surface area contributed by atoms with E-state index < -0.39 is 63.6 Å². The smallest absolute Gasteiger partial charge is 0.269 e. The Balaban J connectivity index is 1.34. The van der Waals surface area contributed by atoms with Crippen molar-refractivity contribution >= 4 is 52.3 Å². The first-order valence-electron chi connectivity index (χ1n) is 16.5. The van der Waals surface area contributed by atoms with Crippen LogP contribution in [-0.4, -0.2) is 40.8 Å². The fraction of sp³-hybridized carbons (Fsp3) is 0.231. The Morgan fingerprint density at radius 3 is 2.27 bits per heavy atom. The summed E-state index contributed by atoms with van der Waals surface area (Å²) in [5.41, 5.74) is 0.329. The first-order chi connectivity index (χ1) is 24.6. The lowest BCUT2D eigenvalue weighted by atomic mass is 9.49. The summed E-state index contributed by atoms with van der Waals surface area (Å²) >= 11 is 6.37. The molecule has 1 saturated carbocycles. The number of phenolic OH excluding ortho intramolecular Hbond substituents is 1. The number of hydrogen-bond acceptors (Lipinski definition) is 8. The average molecular weight is 704 g/mol. The number of hydrogen-bond donors (Lipinski definition) is 1. The van der Waals surface area contributed by atoms with Gasteiger partial charge in [-0.3, -0.25) is 34.2 Å². The molecule has 2 aliphatic heterocycles. The van der Waals surface area contributed by atoms with Gasteiger partial charge in [-0.15, -0.1) is 0 Å². The molecule has 11 nitrogen and oxygen atoms in total. The number of fused-ring (bicyclic) bond motifs is 4. The summed E-state index contributed by atoms with van der Waals surface area (Å²) in [7, 11) is 1.49. The minimum atomic E-state index is -1.57. The SMILES string of the molecule is COc1ccc(O)c([C@H]2C3=CC[C@@H]4C(=O)N(c5ccc([N+](=O)[O-])cc5)C(=O)[C@@H]4[C@@H]3C[C@H]3C(=O)N(c4cccc(Cl)c4)C(=O)[C@@]23c2ccccc2)c1. The number of amides is 4. The summed E-state index contributed by atoms with van der Waals surface area (Å²) in [6, 6.07) is 25.5. The molecule has 0 spiro atoms. The second-order valence-electron chi connectivity index (χ2n) is 13.3. The van der Waals surface area contributed by atoms with E-state index in [1.807, 2.05) is 12.1 Å². The largest absolute Gasteiger partial charge is 0.508 e. The number of rotatable bonds is 6. The number of aromatic hydroxyl groups is 1. The van der Waals surface area contributed by atoms with Crippen LogP contribution in [0.3, 0.4) is 0 Å². The second-order valence-corrected chi connectivity index (χ2v) is 13.7. The molecule has 4 aliphatic rings. The fourth-order valence-corrected chi connectivity index (χ4v) is 9.14. The minimum absolute atomic E-state index is 0.0673. The van der Waals surface area contributed by atoms with Crippen LogP contribution in [0.2, 0.25) is 5.02 Å². The molecule has 2 aliphatic carbocycles. The molecule has 2 saturated heterocycles. The normalized spacial score (nSPS) is 26.8. The third-order valence-electron chi connectivity index (χ3n) is 11.0. The third-order valence-corrected chi connectivity index (χ3v) is 11.3. The number of allylic oxidation sites excluding steroid dienone is 2. The van der Waals surface area contributed by atoms with Crippen molar-refractivity contribution in [3.8, 4) is 11.5 Å². The number of anilines is 2. The van der Waals surface area contributed by atoms with Crippen LogP contribution in [0, 0.1) is 33.8 Å². The molecule has 0 bridgehead atoms. The molecule has 8 rings (SSSR count). The maximum Gasteiger partial charge on any atom is 0.269 e. The van der Waals surface area contributed by atoms with Gasteiger partial charge >= 0.3 is 0 Å². The zero-order valence-electron chi connectivity index (χ0n) is 27.1. The lowest BCUT2D eigenvalue weighted by molar-refractivity contribution is -0.384. The number of nitrogens with zero attached hydrogens (tertiary/aromatic N) is 3. The molecule has 51 heavy (non-hydrogen) atoms. The Morgan fingerprint density at radius 1 is 0.843 bits per heavy atom. The maximum atomic E-state index is 15.3. The van der Waals surface area contributed by atoms with Crippen molar-refractivity contribution in [3.63, 3.8) is 0 Å². The Hall–Kier alpha value is -5.81. The molecule has 12 heteroatoms. The molecule has 4 amide bonds. The van der Waals surface area contributed by atoms with Crippen LogP contribution >= 0.6 is 11.6 Å². The topological polar surface area (TPSA) is 147 Å². The molecule has 3 fully saturated rings. The predicted octanol–water partition coefficient (Wildman–Crippen LogP) is 6.33. The van der Waals surface area contributed by atoms with Crippen molar-refractivity contribution in [2.24, 2.45) is 23.7 Å². The van der Waals surface area contributed by atoms with Gasteiger partial charge in [0.15, 0.2) is 0 Å². The summed E-state index contributed by atoms with van der Waals surface area (Å²) in [6.07, 6.45) is 2.12. The Labute approximate surface area is 296 Å². The Bertz CT molecular complexity index is 2190. The number of carbonyl (C=O) groups excluding carboxylic acids is 4. The summed E-state index contributed by atoms with van der Waals surface area (Å²) in [5, 5.41) is 23.2. The van der Waals surface area contributed by atoms with Crippen molar-refractivity contribution < 1.29 is 33.9 Å². The summed E-state index contributed by atoms with van der Waals surface area (Å²) < 4.78 is 5.57. The number of phenols is 1. The number of halogens is 1. The van der Waals surface area contributed by atoms with E-state index in [0.717, 1.165) is 9.80 Å². The van der Waals surface area contributed by atoms with Gasteiger partial charge in [0.1, 0.15) is 11.5 Å². The number of imide groups is 2. The van der Waals surface area contributed by atoms with Gasteiger partial charge < -0.3 is 9.84 Å². The van der Waals surface area contributed by atoms with Crippen molar-refractivity contribution in [1.29, 1.82) is 0 Å². The van der Waals surface area contributed by atoms with E-state index in [1.54, 1.807) is 60.7 Å². The molecule has 0 aromatic heterocycles. The van der Waals surface area contributed by atoms with Crippen molar-refractivity contribution in [2.75, 3.05) is 16.9 Å². The highest BCUT2D eigenvalue weighted by Gasteiger charge is 2.70. The third kappa shape index (κ3) is 4.64. The zero-order valence-corrected chi connectivity index (χ0v) is 27.9. The van der Waals surface area contributed by atoms with E-state index in [9.17, 15) is 29.6 Å². The highest BCUT2D eigenvalue weighted by molar-refractivity contribution is 6.32. The maximum absolute atomic E-state index is 15.3. The van der Waals surface area contributed by atoms with Crippen LogP contribution in [0.15, 0.2) is 109 Å². The number of non-ortho nitro benzene ring substituents is 1. The quantitative estimate of drug-likeness (QED) is 0.106. The van der Waals surface area contributed by atoms with Gasteiger partial charge in [0.05, 0.1) is 46.6 Å². The molecule has 256 valence electrons. The summed E-state index contributed by atoms with van der Waals surface area (Å²) in [5.74, 6) is -5.90. The van der Waals surface area contributed by atoms with Gasteiger partial charge in [-0.05, 0) is 72.9 Å². The van der Waals surface area contributed by atoms with Gasteiger partial charge in [0, 0.05) is 28.6 Å². The van der Waals surface area contributed by atoms with Crippen LogP contribution < -0.4 is 14.5 Å². The van der Waals surface area contributed by atoms with E-state index in [2.05, 4.69) is 0 Å². The van der Waals surface area contributed by atoms with Crippen molar-refractivity contribution in [3.05, 3.63) is 135 Å².